The number of rotatable bonds is 4. The molecule has 2 heterocycles. The molecule has 0 spiro atoms. The predicted octanol–water partition coefficient (Wildman–Crippen LogP) is 1.97. The number of hydrogen-bond donors (Lipinski definition) is 1. The molecule has 0 aromatic carbocycles. The standard InChI is InChI=1S/C12H19N3O/c1-3-6-15-9-10(2)13-12(15)14-11-4-7-16-8-5-11/h3,9,11H,1,4-8H2,2H3,(H,13,14). The zero-order chi connectivity index (χ0) is 11.4. The maximum Gasteiger partial charge on any atom is 0.203 e. The Labute approximate surface area is 96.3 Å². The lowest BCUT2D eigenvalue weighted by molar-refractivity contribution is 0.0902. The van der Waals surface area contributed by atoms with Gasteiger partial charge in [0.05, 0.1) is 5.69 Å². The lowest BCUT2D eigenvalue weighted by atomic mass is 10.1. The summed E-state index contributed by atoms with van der Waals surface area (Å²) < 4.78 is 7.43. The van der Waals surface area contributed by atoms with Crippen LogP contribution in [0.3, 0.4) is 0 Å². The summed E-state index contributed by atoms with van der Waals surface area (Å²) in [7, 11) is 0. The molecule has 0 aliphatic carbocycles. The molecule has 1 aromatic rings. The van der Waals surface area contributed by atoms with Crippen molar-refractivity contribution in [1.82, 2.24) is 9.55 Å². The number of aryl methyl sites for hydroxylation is 1. The number of nitrogens with one attached hydrogen (secondary N) is 1. The Bertz CT molecular complexity index is 353. The number of aromatic nitrogens is 2. The van der Waals surface area contributed by atoms with Crippen LogP contribution in [0.1, 0.15) is 18.5 Å². The molecule has 1 aliphatic rings. The maximum absolute atomic E-state index is 5.34. The van der Waals surface area contributed by atoms with Crippen molar-refractivity contribution in [2.24, 2.45) is 0 Å². The molecule has 1 aromatic heterocycles. The highest BCUT2D eigenvalue weighted by molar-refractivity contribution is 5.30. The molecule has 0 amide bonds. The Balaban J connectivity index is 2.03. The van der Waals surface area contributed by atoms with E-state index in [9.17, 15) is 0 Å². The summed E-state index contributed by atoms with van der Waals surface area (Å²) in [6.07, 6.45) is 6.04. The zero-order valence-electron chi connectivity index (χ0n) is 9.78. The fraction of sp³-hybridized carbons (Fsp3) is 0.583. The van der Waals surface area contributed by atoms with Gasteiger partial charge in [-0.05, 0) is 19.8 Å². The molecular weight excluding hydrogens is 202 g/mol. The number of ether oxygens (including phenoxy) is 1. The number of hydrogen-bond acceptors (Lipinski definition) is 3. The van der Waals surface area contributed by atoms with Gasteiger partial charge in [-0.15, -0.1) is 6.58 Å². The monoisotopic (exact) mass is 221 g/mol. The molecule has 1 saturated heterocycles. The van der Waals surface area contributed by atoms with Gasteiger partial charge in [0.25, 0.3) is 0 Å². The molecule has 4 heteroatoms. The molecule has 1 aliphatic heterocycles. The van der Waals surface area contributed by atoms with E-state index in [4.69, 9.17) is 4.74 Å². The van der Waals surface area contributed by atoms with Crippen LogP contribution < -0.4 is 5.32 Å². The van der Waals surface area contributed by atoms with Crippen LogP contribution in [-0.2, 0) is 11.3 Å². The van der Waals surface area contributed by atoms with Gasteiger partial charge in [0.1, 0.15) is 0 Å². The molecule has 88 valence electrons. The second-order valence-corrected chi connectivity index (χ2v) is 4.18. The third-order valence-corrected chi connectivity index (χ3v) is 2.78. The summed E-state index contributed by atoms with van der Waals surface area (Å²) in [6.45, 7) is 8.26. The molecule has 0 unspecified atom stereocenters. The van der Waals surface area contributed by atoms with E-state index < -0.39 is 0 Å². The van der Waals surface area contributed by atoms with E-state index in [0.717, 1.165) is 44.2 Å². The highest BCUT2D eigenvalue weighted by atomic mass is 16.5. The van der Waals surface area contributed by atoms with Crippen molar-refractivity contribution in [1.29, 1.82) is 0 Å². The van der Waals surface area contributed by atoms with Crippen LogP contribution in [0.15, 0.2) is 18.9 Å². The first kappa shape index (κ1) is 11.2. The minimum atomic E-state index is 0.485. The molecule has 1 fully saturated rings. The quantitative estimate of drug-likeness (QED) is 0.790. The van der Waals surface area contributed by atoms with Crippen molar-refractivity contribution in [3.8, 4) is 0 Å². The van der Waals surface area contributed by atoms with E-state index in [1.165, 1.54) is 0 Å². The SMILES string of the molecule is C=CCn1cc(C)nc1NC1CCOCC1. The zero-order valence-corrected chi connectivity index (χ0v) is 9.78. The summed E-state index contributed by atoms with van der Waals surface area (Å²) in [5.74, 6) is 0.948. The lowest BCUT2D eigenvalue weighted by Gasteiger charge is -2.23. The van der Waals surface area contributed by atoms with Crippen LogP contribution in [0, 0.1) is 6.92 Å². The molecule has 4 nitrogen and oxygen atoms in total. The van der Waals surface area contributed by atoms with Gasteiger partial charge in [-0.25, -0.2) is 4.98 Å². The summed E-state index contributed by atoms with van der Waals surface area (Å²) in [4.78, 5) is 4.49. The van der Waals surface area contributed by atoms with Gasteiger partial charge in [-0.3, -0.25) is 0 Å². The Morgan fingerprint density at radius 1 is 1.62 bits per heavy atom. The minimum absolute atomic E-state index is 0.485. The lowest BCUT2D eigenvalue weighted by Crippen LogP contribution is -2.29. The summed E-state index contributed by atoms with van der Waals surface area (Å²) >= 11 is 0. The van der Waals surface area contributed by atoms with E-state index in [2.05, 4.69) is 21.4 Å². The Kier molecular flexibility index (Phi) is 3.62. The summed E-state index contributed by atoms with van der Waals surface area (Å²) in [6, 6.07) is 0.485. The van der Waals surface area contributed by atoms with E-state index >= 15 is 0 Å². The minimum Gasteiger partial charge on any atom is -0.381 e. The van der Waals surface area contributed by atoms with Crippen molar-refractivity contribution in [2.75, 3.05) is 18.5 Å². The van der Waals surface area contributed by atoms with Crippen LogP contribution in [0.2, 0.25) is 0 Å². The van der Waals surface area contributed by atoms with Gasteiger partial charge in [0.15, 0.2) is 0 Å². The van der Waals surface area contributed by atoms with Crippen molar-refractivity contribution in [3.05, 3.63) is 24.5 Å². The topological polar surface area (TPSA) is 39.1 Å². The van der Waals surface area contributed by atoms with Crippen LogP contribution in [0.5, 0.6) is 0 Å². The predicted molar refractivity (Wildman–Crippen MR) is 64.6 cm³/mol. The first-order chi connectivity index (χ1) is 7.79. The highest BCUT2D eigenvalue weighted by Gasteiger charge is 2.15. The first-order valence-electron chi connectivity index (χ1n) is 5.78. The first-order valence-corrected chi connectivity index (χ1v) is 5.78. The van der Waals surface area contributed by atoms with Crippen molar-refractivity contribution in [2.45, 2.75) is 32.4 Å². The van der Waals surface area contributed by atoms with Crippen LogP contribution in [-0.4, -0.2) is 28.8 Å². The Morgan fingerprint density at radius 2 is 2.38 bits per heavy atom. The summed E-state index contributed by atoms with van der Waals surface area (Å²) in [5, 5.41) is 3.48. The molecule has 1 N–H and O–H groups in total. The van der Waals surface area contributed by atoms with Gasteiger partial charge >= 0.3 is 0 Å². The number of nitrogens with zero attached hydrogens (tertiary/aromatic N) is 2. The van der Waals surface area contributed by atoms with Gasteiger partial charge in [0.2, 0.25) is 5.95 Å². The van der Waals surface area contributed by atoms with Crippen LogP contribution >= 0.6 is 0 Å². The number of imidazole rings is 1. The fourth-order valence-corrected chi connectivity index (χ4v) is 1.96. The molecule has 0 atom stereocenters. The van der Waals surface area contributed by atoms with E-state index in [1.807, 2.05) is 19.2 Å². The smallest absolute Gasteiger partial charge is 0.203 e. The largest absolute Gasteiger partial charge is 0.381 e. The van der Waals surface area contributed by atoms with E-state index in [0.29, 0.717) is 6.04 Å². The van der Waals surface area contributed by atoms with Crippen LogP contribution in [0.25, 0.3) is 0 Å². The molecule has 0 radical (unpaired) electrons. The molecule has 0 bridgehead atoms. The van der Waals surface area contributed by atoms with Gasteiger partial charge < -0.3 is 14.6 Å². The van der Waals surface area contributed by atoms with Crippen molar-refractivity contribution < 1.29 is 4.74 Å². The second kappa shape index (κ2) is 5.16. The van der Waals surface area contributed by atoms with Gasteiger partial charge in [0, 0.05) is 32.0 Å². The van der Waals surface area contributed by atoms with Crippen molar-refractivity contribution in [3.63, 3.8) is 0 Å². The third kappa shape index (κ3) is 2.64. The maximum atomic E-state index is 5.34. The number of anilines is 1. The number of allylic oxidation sites excluding steroid dienone is 1. The molecule has 16 heavy (non-hydrogen) atoms. The molecule has 2 rings (SSSR count). The average molecular weight is 221 g/mol. The average Bonchev–Trinajstić information content (AvgIpc) is 2.61. The Hall–Kier alpha value is -1.29. The normalized spacial score (nSPS) is 17.3. The molecule has 0 saturated carbocycles. The van der Waals surface area contributed by atoms with Gasteiger partial charge in [-0.1, -0.05) is 6.08 Å². The van der Waals surface area contributed by atoms with Crippen LogP contribution in [0.4, 0.5) is 5.95 Å². The van der Waals surface area contributed by atoms with E-state index in [-0.39, 0.29) is 0 Å². The van der Waals surface area contributed by atoms with Crippen molar-refractivity contribution >= 4 is 5.95 Å². The second-order valence-electron chi connectivity index (χ2n) is 4.18. The van der Waals surface area contributed by atoms with Gasteiger partial charge in [-0.2, -0.15) is 0 Å². The fourth-order valence-electron chi connectivity index (χ4n) is 1.96. The molecular formula is C12H19N3O. The Morgan fingerprint density at radius 3 is 3.06 bits per heavy atom. The highest BCUT2D eigenvalue weighted by Crippen LogP contribution is 2.15. The third-order valence-electron chi connectivity index (χ3n) is 2.78. The summed E-state index contributed by atoms with van der Waals surface area (Å²) in [5.41, 5.74) is 1.04. The van der Waals surface area contributed by atoms with E-state index in [1.54, 1.807) is 0 Å².